The molecule has 2 atom stereocenters. The van der Waals surface area contributed by atoms with Crippen LogP contribution in [0.1, 0.15) is 37.9 Å². The van der Waals surface area contributed by atoms with Crippen LogP contribution in [-0.2, 0) is 32.0 Å². The van der Waals surface area contributed by atoms with Crippen molar-refractivity contribution in [2.24, 2.45) is 5.73 Å². The second kappa shape index (κ2) is 19.3. The zero-order chi connectivity index (χ0) is 41.9. The highest BCUT2D eigenvalue weighted by atomic mass is 35.5. The predicted molar refractivity (Wildman–Crippen MR) is 212 cm³/mol. The summed E-state index contributed by atoms with van der Waals surface area (Å²) >= 11 is 7.61. The number of nitrogens with one attached hydrogen (secondary N) is 3. The minimum atomic E-state index is -1.15. The summed E-state index contributed by atoms with van der Waals surface area (Å²) < 4.78 is 31.5. The van der Waals surface area contributed by atoms with Crippen LogP contribution in [0.2, 0.25) is 5.22 Å². The summed E-state index contributed by atoms with van der Waals surface area (Å²) in [7, 11) is 0. The van der Waals surface area contributed by atoms with Crippen LogP contribution in [0.15, 0.2) is 111 Å². The summed E-state index contributed by atoms with van der Waals surface area (Å²) in [6.45, 7) is 1.74. The number of furan rings is 2. The zero-order valence-corrected chi connectivity index (χ0v) is 32.9. The maximum absolute atomic E-state index is 13.0. The van der Waals surface area contributed by atoms with Gasteiger partial charge in [0.25, 0.3) is 23.6 Å². The molecule has 0 saturated carbocycles. The molecule has 5 N–H and O–H groups in total. The number of carbonyl (C=O) groups excluding carboxylic acids is 6. The van der Waals surface area contributed by atoms with Crippen molar-refractivity contribution in [2.45, 2.75) is 31.8 Å². The molecule has 300 valence electrons. The highest BCUT2D eigenvalue weighted by molar-refractivity contribution is 6.99. The first kappa shape index (κ1) is 41.5. The average molecular weight is 856 g/mol. The minimum absolute atomic E-state index is 0.0290. The Bertz CT molecular complexity index is 2570. The number of ketones is 2. The average Bonchev–Trinajstić information content (AvgIpc) is 4.09. The number of Topliss-reactive ketones (excluding diaryl/α,β-unsaturated/α-hetero) is 2. The fraction of sp³-hybridized carbons (Fsp3) is 0.132. The van der Waals surface area contributed by atoms with Gasteiger partial charge >= 0.3 is 6.01 Å². The lowest BCUT2D eigenvalue weighted by Crippen LogP contribution is -2.47. The van der Waals surface area contributed by atoms with Gasteiger partial charge in [-0.15, -0.1) is 0 Å². The van der Waals surface area contributed by atoms with Gasteiger partial charge in [0, 0.05) is 18.4 Å². The Kier molecular flexibility index (Phi) is 13.6. The maximum Gasteiger partial charge on any atom is 0.301 e. The standard InChI is InChI=1S/C21H17N5O5S.C17H13ClN4O4S/c1-12-14(7-9-30-12)16-17(26-32-25-16)19(28)23-15(11-13-5-3-2-4-6-13)18(27)20(29)24-21-22-8-10-31-21;18-15-10(6-7-26-15)12-13(22-27-21-12)17(25)20-11(14(23)16(19)24)8-9-4-2-1-3-5-9/h2-10,15H,11H2,1H3,(H,23,28)(H,22,24,29);1-7,11H,8H2,(H2,19,24)(H,20,25). The van der Waals surface area contributed by atoms with E-state index >= 15 is 0 Å². The normalized spacial score (nSPS) is 11.7. The molecular weight excluding hydrogens is 826 g/mol. The molecule has 5 aromatic heterocycles. The molecule has 0 bridgehead atoms. The van der Waals surface area contributed by atoms with E-state index in [0.29, 0.717) is 22.6 Å². The van der Waals surface area contributed by atoms with Crippen LogP contribution in [0.25, 0.3) is 22.5 Å². The van der Waals surface area contributed by atoms with Crippen LogP contribution < -0.4 is 21.7 Å². The Labute approximate surface area is 346 Å². The largest absolute Gasteiger partial charge is 0.469 e. The summed E-state index contributed by atoms with van der Waals surface area (Å²) in [5.74, 6) is -4.59. The highest BCUT2D eigenvalue weighted by Gasteiger charge is 2.31. The van der Waals surface area contributed by atoms with Gasteiger partial charge < -0.3 is 29.6 Å². The number of halogens is 1. The third-order valence-corrected chi connectivity index (χ3v) is 9.67. The van der Waals surface area contributed by atoms with Gasteiger partial charge in [0.2, 0.25) is 16.8 Å². The SMILES string of the molecule is Cc1occc1-c1nsnc1C(=O)NC(Cc1ccccc1)C(=O)C(=O)Nc1ncco1.NC(=O)C(=O)C(Cc1ccccc1)NC(=O)c1nsnc1-c1ccoc1Cl. The van der Waals surface area contributed by atoms with Crippen molar-refractivity contribution in [3.63, 3.8) is 0 Å². The lowest BCUT2D eigenvalue weighted by Gasteiger charge is -2.17. The fourth-order valence-corrected chi connectivity index (χ4v) is 6.79. The maximum atomic E-state index is 13.0. The van der Waals surface area contributed by atoms with E-state index in [1.807, 2.05) is 12.1 Å². The Morgan fingerprint density at radius 1 is 0.678 bits per heavy atom. The number of aryl methyl sites for hydroxylation is 1. The van der Waals surface area contributed by atoms with Crippen LogP contribution in [0.4, 0.5) is 6.01 Å². The number of amides is 4. The van der Waals surface area contributed by atoms with Crippen LogP contribution >= 0.6 is 35.1 Å². The number of anilines is 1. The van der Waals surface area contributed by atoms with Crippen molar-refractivity contribution in [1.29, 1.82) is 0 Å². The predicted octanol–water partition coefficient (Wildman–Crippen LogP) is 4.49. The third kappa shape index (κ3) is 10.4. The number of benzene rings is 2. The lowest BCUT2D eigenvalue weighted by atomic mass is 10.0. The first-order valence-electron chi connectivity index (χ1n) is 17.2. The summed E-state index contributed by atoms with van der Waals surface area (Å²) in [4.78, 5) is 78.4. The molecule has 18 nitrogen and oxygen atoms in total. The number of primary amides is 1. The van der Waals surface area contributed by atoms with E-state index in [2.05, 4.69) is 38.4 Å². The summed E-state index contributed by atoms with van der Waals surface area (Å²) in [6, 6.07) is 18.8. The molecule has 7 aromatic rings. The summed E-state index contributed by atoms with van der Waals surface area (Å²) in [6.07, 6.45) is 5.64. The van der Waals surface area contributed by atoms with Gasteiger partial charge in [-0.2, -0.15) is 17.5 Å². The quantitative estimate of drug-likeness (QED) is 0.104. The third-order valence-electron chi connectivity index (χ3n) is 8.32. The van der Waals surface area contributed by atoms with Crippen LogP contribution in [0.5, 0.6) is 0 Å². The van der Waals surface area contributed by atoms with E-state index in [-0.39, 0.29) is 41.2 Å². The van der Waals surface area contributed by atoms with E-state index < -0.39 is 47.3 Å². The molecule has 0 saturated heterocycles. The van der Waals surface area contributed by atoms with E-state index in [4.69, 9.17) is 30.6 Å². The number of aromatic nitrogens is 5. The smallest absolute Gasteiger partial charge is 0.301 e. The molecule has 5 heterocycles. The lowest BCUT2D eigenvalue weighted by molar-refractivity contribution is -0.137. The Morgan fingerprint density at radius 2 is 1.20 bits per heavy atom. The number of hydrogen-bond acceptors (Lipinski definition) is 16. The van der Waals surface area contributed by atoms with Crippen molar-refractivity contribution >= 4 is 76.3 Å². The van der Waals surface area contributed by atoms with Crippen LogP contribution in [0.3, 0.4) is 0 Å². The monoisotopic (exact) mass is 855 g/mol. The van der Waals surface area contributed by atoms with Crippen molar-refractivity contribution in [1.82, 2.24) is 33.1 Å². The second-order valence-corrected chi connectivity index (χ2v) is 13.6. The zero-order valence-electron chi connectivity index (χ0n) is 30.5. The fourth-order valence-electron chi connectivity index (χ4n) is 5.47. The Morgan fingerprint density at radius 3 is 1.68 bits per heavy atom. The Hall–Kier alpha value is -7.16. The molecule has 0 radical (unpaired) electrons. The van der Waals surface area contributed by atoms with Crippen LogP contribution in [0, 0.1) is 6.92 Å². The number of rotatable bonds is 15. The van der Waals surface area contributed by atoms with Gasteiger partial charge in [0.15, 0.2) is 11.4 Å². The minimum Gasteiger partial charge on any atom is -0.469 e. The number of carbonyl (C=O) groups is 6. The first-order valence-corrected chi connectivity index (χ1v) is 19.0. The second-order valence-electron chi connectivity index (χ2n) is 12.2. The van der Waals surface area contributed by atoms with E-state index in [9.17, 15) is 28.8 Å². The van der Waals surface area contributed by atoms with E-state index in [1.54, 1.807) is 67.6 Å². The van der Waals surface area contributed by atoms with Gasteiger partial charge in [-0.25, -0.2) is 4.98 Å². The topological polar surface area (TPSA) is 268 Å². The molecule has 4 amide bonds. The molecule has 21 heteroatoms. The molecule has 59 heavy (non-hydrogen) atoms. The van der Waals surface area contributed by atoms with Crippen molar-refractivity contribution in [3.8, 4) is 22.5 Å². The molecule has 0 spiro atoms. The number of oxazole rings is 1. The van der Waals surface area contributed by atoms with Gasteiger partial charge in [-0.05, 0) is 41.8 Å². The van der Waals surface area contributed by atoms with Crippen molar-refractivity contribution in [2.75, 3.05) is 5.32 Å². The number of nitrogens with zero attached hydrogens (tertiary/aromatic N) is 5. The molecule has 7 rings (SSSR count). The highest BCUT2D eigenvalue weighted by Crippen LogP contribution is 2.30. The van der Waals surface area contributed by atoms with Crippen molar-refractivity contribution in [3.05, 3.63) is 131 Å². The van der Waals surface area contributed by atoms with E-state index in [0.717, 1.165) is 34.6 Å². The van der Waals surface area contributed by atoms with Crippen LogP contribution in [-0.4, -0.2) is 69.8 Å². The molecule has 0 aliphatic heterocycles. The molecular formula is C38H30ClN9O9S2. The first-order chi connectivity index (χ1) is 28.5. The van der Waals surface area contributed by atoms with Crippen molar-refractivity contribution < 1.29 is 42.0 Å². The molecule has 2 aromatic carbocycles. The molecule has 2 unspecified atom stereocenters. The van der Waals surface area contributed by atoms with E-state index in [1.165, 1.54) is 25.0 Å². The Balaban J connectivity index is 0.000000201. The molecule has 0 aliphatic carbocycles. The number of hydrogen-bond donors (Lipinski definition) is 4. The van der Waals surface area contributed by atoms with Gasteiger partial charge in [-0.3, -0.25) is 34.1 Å². The van der Waals surface area contributed by atoms with Gasteiger partial charge in [0.05, 0.1) is 47.7 Å². The molecule has 0 aliphatic rings. The summed E-state index contributed by atoms with van der Waals surface area (Å²) in [5, 5.41) is 7.48. The summed E-state index contributed by atoms with van der Waals surface area (Å²) in [5.41, 5.74) is 8.23. The van der Waals surface area contributed by atoms with Gasteiger partial charge in [-0.1, -0.05) is 60.7 Å². The van der Waals surface area contributed by atoms with Gasteiger partial charge in [0.1, 0.15) is 35.5 Å². The number of nitrogens with two attached hydrogens (primary N) is 1. The molecule has 0 fully saturated rings.